The Morgan fingerprint density at radius 3 is 2.12 bits per heavy atom. The average molecular weight is 230 g/mol. The van der Waals surface area contributed by atoms with Crippen LogP contribution in [0.1, 0.15) is 44.7 Å². The Morgan fingerprint density at radius 2 is 1.62 bits per heavy atom. The van der Waals surface area contributed by atoms with Crippen LogP contribution in [0.5, 0.6) is 0 Å². The van der Waals surface area contributed by atoms with Gasteiger partial charge < -0.3 is 0 Å². The number of alkyl halides is 3. The minimum Gasteiger partial charge on any atom is -0.166 e. The summed E-state index contributed by atoms with van der Waals surface area (Å²) in [4.78, 5) is 0. The van der Waals surface area contributed by atoms with E-state index in [0.29, 0.717) is 0 Å². The second-order valence-corrected chi connectivity index (χ2v) is 4.71. The summed E-state index contributed by atoms with van der Waals surface area (Å²) in [5.74, 6) is 0. The average Bonchev–Trinajstić information content (AvgIpc) is 2.16. The van der Waals surface area contributed by atoms with Crippen LogP contribution < -0.4 is 0 Å². The van der Waals surface area contributed by atoms with Crippen LogP contribution in [0.4, 0.5) is 13.2 Å². The molecule has 0 aliphatic heterocycles. The van der Waals surface area contributed by atoms with E-state index >= 15 is 0 Å². The van der Waals surface area contributed by atoms with Gasteiger partial charge in [0.2, 0.25) is 0 Å². The van der Waals surface area contributed by atoms with Gasteiger partial charge in [0.25, 0.3) is 0 Å². The van der Waals surface area contributed by atoms with Crippen molar-refractivity contribution in [2.75, 3.05) is 0 Å². The van der Waals surface area contributed by atoms with Gasteiger partial charge in [-0.15, -0.1) is 0 Å². The van der Waals surface area contributed by atoms with E-state index in [0.717, 1.165) is 24.5 Å². The molecule has 0 aliphatic carbocycles. The molecule has 1 aromatic carbocycles. The van der Waals surface area contributed by atoms with Crippen molar-refractivity contribution in [1.82, 2.24) is 0 Å². The van der Waals surface area contributed by atoms with Gasteiger partial charge in [-0.3, -0.25) is 0 Å². The van der Waals surface area contributed by atoms with Crippen molar-refractivity contribution < 1.29 is 13.2 Å². The molecule has 0 fully saturated rings. The van der Waals surface area contributed by atoms with Crippen molar-refractivity contribution in [2.45, 2.75) is 45.2 Å². The van der Waals surface area contributed by atoms with Crippen molar-refractivity contribution in [2.24, 2.45) is 0 Å². The van der Waals surface area contributed by atoms with Crippen LogP contribution in [0.15, 0.2) is 24.3 Å². The molecule has 0 N–H and O–H groups in total. The molecule has 0 heterocycles. The molecule has 1 aromatic rings. The molecule has 3 heteroatoms. The molecule has 0 atom stereocenters. The number of benzene rings is 1. The lowest BCUT2D eigenvalue weighted by molar-refractivity contribution is -0.137. The number of hydrogen-bond acceptors (Lipinski definition) is 0. The van der Waals surface area contributed by atoms with Crippen LogP contribution in [-0.2, 0) is 11.6 Å². The molecule has 0 bridgehead atoms. The molecule has 0 spiro atoms. The smallest absolute Gasteiger partial charge is 0.166 e. The Hall–Kier alpha value is -0.990. The first-order chi connectivity index (χ1) is 7.27. The van der Waals surface area contributed by atoms with E-state index in [1.807, 2.05) is 20.8 Å². The molecule has 0 saturated carbocycles. The molecule has 0 unspecified atom stereocenters. The highest BCUT2D eigenvalue weighted by Crippen LogP contribution is 2.34. The van der Waals surface area contributed by atoms with E-state index in [9.17, 15) is 13.2 Å². The maximum atomic E-state index is 12.5. The third-order valence-corrected chi connectivity index (χ3v) is 2.85. The third kappa shape index (κ3) is 3.00. The Kier molecular flexibility index (Phi) is 3.66. The Labute approximate surface area is 94.5 Å². The minimum atomic E-state index is -4.25. The van der Waals surface area contributed by atoms with Crippen LogP contribution in [0.25, 0.3) is 0 Å². The van der Waals surface area contributed by atoms with Crippen LogP contribution in [0, 0.1) is 0 Å². The summed E-state index contributed by atoms with van der Waals surface area (Å²) in [6, 6.07) is 5.63. The summed E-state index contributed by atoms with van der Waals surface area (Å²) < 4.78 is 37.6. The third-order valence-electron chi connectivity index (χ3n) is 2.85. The number of halogens is 3. The van der Waals surface area contributed by atoms with Crippen molar-refractivity contribution in [3.05, 3.63) is 35.4 Å². The van der Waals surface area contributed by atoms with Gasteiger partial charge in [0.05, 0.1) is 5.56 Å². The van der Waals surface area contributed by atoms with Crippen molar-refractivity contribution in [1.29, 1.82) is 0 Å². The maximum absolute atomic E-state index is 12.5. The van der Waals surface area contributed by atoms with Crippen molar-refractivity contribution in [3.8, 4) is 0 Å². The van der Waals surface area contributed by atoms with E-state index < -0.39 is 11.7 Å². The van der Waals surface area contributed by atoms with E-state index in [4.69, 9.17) is 0 Å². The van der Waals surface area contributed by atoms with E-state index in [-0.39, 0.29) is 5.41 Å². The zero-order valence-electron chi connectivity index (χ0n) is 9.86. The molecule has 0 amide bonds. The lowest BCUT2D eigenvalue weighted by Gasteiger charge is -2.25. The van der Waals surface area contributed by atoms with Gasteiger partial charge in [-0.1, -0.05) is 45.4 Å². The second-order valence-electron chi connectivity index (χ2n) is 4.71. The quantitative estimate of drug-likeness (QED) is 0.700. The highest BCUT2D eigenvalue weighted by atomic mass is 19.4. The van der Waals surface area contributed by atoms with Crippen LogP contribution >= 0.6 is 0 Å². The lowest BCUT2D eigenvalue weighted by Crippen LogP contribution is -2.18. The summed E-state index contributed by atoms with van der Waals surface area (Å²) in [7, 11) is 0. The molecule has 16 heavy (non-hydrogen) atoms. The van der Waals surface area contributed by atoms with Gasteiger partial charge in [-0.05, 0) is 23.5 Å². The minimum absolute atomic E-state index is 0.198. The number of hydrogen-bond donors (Lipinski definition) is 0. The standard InChI is InChI=1S/C13H17F3/c1-4-8-12(2,3)10-6-5-7-11(9-10)13(14,15)16/h5-7,9H,4,8H2,1-3H3. The maximum Gasteiger partial charge on any atom is 0.416 e. The van der Waals surface area contributed by atoms with Gasteiger partial charge >= 0.3 is 6.18 Å². The van der Waals surface area contributed by atoms with Crippen molar-refractivity contribution in [3.63, 3.8) is 0 Å². The largest absolute Gasteiger partial charge is 0.416 e. The van der Waals surface area contributed by atoms with Gasteiger partial charge in [-0.2, -0.15) is 13.2 Å². The highest BCUT2D eigenvalue weighted by molar-refractivity contribution is 5.30. The second kappa shape index (κ2) is 4.48. The highest BCUT2D eigenvalue weighted by Gasteiger charge is 2.31. The lowest BCUT2D eigenvalue weighted by atomic mass is 9.80. The molecule has 0 nitrogen and oxygen atoms in total. The number of rotatable bonds is 3. The fourth-order valence-electron chi connectivity index (χ4n) is 1.89. The summed E-state index contributed by atoms with van der Waals surface area (Å²) in [6.07, 6.45) is -2.41. The predicted molar refractivity (Wildman–Crippen MR) is 59.4 cm³/mol. The molecule has 0 aromatic heterocycles. The predicted octanol–water partition coefficient (Wildman–Crippen LogP) is 4.78. The monoisotopic (exact) mass is 230 g/mol. The SMILES string of the molecule is CCCC(C)(C)c1cccc(C(F)(F)F)c1. The molecule has 1 rings (SSSR count). The van der Waals surface area contributed by atoms with Crippen LogP contribution in [0.3, 0.4) is 0 Å². The van der Waals surface area contributed by atoms with Crippen LogP contribution in [-0.4, -0.2) is 0 Å². The zero-order chi connectivity index (χ0) is 12.4. The first-order valence-electron chi connectivity index (χ1n) is 5.45. The summed E-state index contributed by atoms with van der Waals surface area (Å²) >= 11 is 0. The van der Waals surface area contributed by atoms with Gasteiger partial charge in [-0.25, -0.2) is 0 Å². The van der Waals surface area contributed by atoms with Crippen molar-refractivity contribution >= 4 is 0 Å². The zero-order valence-corrected chi connectivity index (χ0v) is 9.86. The molecule has 90 valence electrons. The molecular formula is C13H17F3. The summed E-state index contributed by atoms with van der Waals surface area (Å²) in [5, 5.41) is 0. The molecule has 0 saturated heterocycles. The Bertz CT molecular complexity index is 350. The van der Waals surface area contributed by atoms with E-state index in [1.165, 1.54) is 12.1 Å². The normalized spacial score (nSPS) is 12.9. The van der Waals surface area contributed by atoms with Crippen LogP contribution in [0.2, 0.25) is 0 Å². The Morgan fingerprint density at radius 1 is 1.06 bits per heavy atom. The fourth-order valence-corrected chi connectivity index (χ4v) is 1.89. The molecule has 0 aliphatic rings. The molecule has 0 radical (unpaired) electrons. The van der Waals surface area contributed by atoms with Gasteiger partial charge in [0.15, 0.2) is 0 Å². The Balaban J connectivity index is 3.08. The van der Waals surface area contributed by atoms with E-state index in [1.54, 1.807) is 6.07 Å². The van der Waals surface area contributed by atoms with Gasteiger partial charge in [0, 0.05) is 0 Å². The summed E-state index contributed by atoms with van der Waals surface area (Å²) in [5.41, 5.74) is -0.00548. The van der Waals surface area contributed by atoms with E-state index in [2.05, 4.69) is 0 Å². The topological polar surface area (TPSA) is 0 Å². The fraction of sp³-hybridized carbons (Fsp3) is 0.538. The molecular weight excluding hydrogens is 213 g/mol. The first kappa shape index (κ1) is 13.1. The summed E-state index contributed by atoms with van der Waals surface area (Å²) in [6.45, 7) is 5.99. The first-order valence-corrected chi connectivity index (χ1v) is 5.45. The van der Waals surface area contributed by atoms with Gasteiger partial charge in [0.1, 0.15) is 0 Å².